The van der Waals surface area contributed by atoms with E-state index in [1.165, 1.54) is 77.6 Å². The molecular weight excluding hydrogens is 339 g/mol. The first-order chi connectivity index (χ1) is 11.9. The van der Waals surface area contributed by atoms with Crippen molar-refractivity contribution in [3.05, 3.63) is 0 Å². The van der Waals surface area contributed by atoms with Crippen LogP contribution >= 0.6 is 0 Å². The first-order valence-electron chi connectivity index (χ1n) is 10.4. The normalized spacial score (nSPS) is 11.5. The summed E-state index contributed by atoms with van der Waals surface area (Å²) < 4.78 is 0. The monoisotopic (exact) mass is 382 g/mol. The minimum absolute atomic E-state index is 0. The van der Waals surface area contributed by atoms with Gasteiger partial charge in [0.05, 0.1) is 12.7 Å². The Balaban J connectivity index is -0.000000772. The number of aliphatic hydroxyl groups is 2. The van der Waals surface area contributed by atoms with Crippen molar-refractivity contribution in [1.29, 1.82) is 0 Å². The number of carbonyl (C=O) groups excluding carboxylic acids is 1. The van der Waals surface area contributed by atoms with Crippen molar-refractivity contribution in [2.24, 2.45) is 5.92 Å². The van der Waals surface area contributed by atoms with Crippen molar-refractivity contribution in [3.63, 3.8) is 0 Å². The van der Waals surface area contributed by atoms with Gasteiger partial charge in [0.15, 0.2) is 0 Å². The number of carbonyl (C=O) groups is 1. The first kappa shape index (κ1) is 31.1. The maximum absolute atomic E-state index is 10.2. The topological polar surface area (TPSA) is 80.6 Å². The van der Waals surface area contributed by atoms with Crippen molar-refractivity contribution in [2.45, 2.75) is 117 Å². The Morgan fingerprint density at radius 3 is 1.35 bits per heavy atom. The number of aliphatic hydroxyl groups excluding tert-OH is 2. The molecule has 0 bridgehead atoms. The van der Waals surface area contributed by atoms with Crippen LogP contribution in [0.2, 0.25) is 0 Å². The van der Waals surface area contributed by atoms with Crippen molar-refractivity contribution < 1.29 is 49.7 Å². The van der Waals surface area contributed by atoms with Gasteiger partial charge in [-0.3, -0.25) is 0 Å². The summed E-state index contributed by atoms with van der Waals surface area (Å²) in [4.78, 5) is 10.2. The predicted molar refractivity (Wildman–Crippen MR) is 103 cm³/mol. The molecule has 152 valence electrons. The molecule has 2 N–H and O–H groups in total. The predicted octanol–water partition coefficient (Wildman–Crippen LogP) is 1.22. The van der Waals surface area contributed by atoms with Gasteiger partial charge in [-0.1, -0.05) is 90.9 Å². The van der Waals surface area contributed by atoms with Gasteiger partial charge >= 0.3 is 29.6 Å². The fraction of sp³-hybridized carbons (Fsp3) is 0.952. The van der Waals surface area contributed by atoms with E-state index in [2.05, 4.69) is 13.8 Å². The Hall–Kier alpha value is 0.390. The summed E-state index contributed by atoms with van der Waals surface area (Å²) >= 11 is 0. The third kappa shape index (κ3) is 35.5. The zero-order valence-corrected chi connectivity index (χ0v) is 20.0. The average molecular weight is 383 g/mol. The van der Waals surface area contributed by atoms with Gasteiger partial charge in [0.2, 0.25) is 0 Å². The summed E-state index contributed by atoms with van der Waals surface area (Å²) in [5, 5.41) is 26.2. The van der Waals surface area contributed by atoms with Crippen LogP contribution in [0.5, 0.6) is 0 Å². The fourth-order valence-electron chi connectivity index (χ4n) is 2.59. The second-order valence-corrected chi connectivity index (χ2v) is 7.58. The third-order valence-electron chi connectivity index (χ3n) is 4.18. The van der Waals surface area contributed by atoms with Crippen LogP contribution in [0.25, 0.3) is 0 Å². The van der Waals surface area contributed by atoms with Crippen LogP contribution in [0.3, 0.4) is 0 Å². The van der Waals surface area contributed by atoms with Crippen LogP contribution in [-0.4, -0.2) is 28.9 Å². The Morgan fingerprint density at radius 1 is 0.769 bits per heavy atom. The van der Waals surface area contributed by atoms with Gasteiger partial charge in [-0.2, -0.15) is 0 Å². The molecular formula is C21H43NaO4. The quantitative estimate of drug-likeness (QED) is 0.311. The van der Waals surface area contributed by atoms with E-state index < -0.39 is 12.1 Å². The minimum Gasteiger partial charge on any atom is -0.550 e. The summed E-state index contributed by atoms with van der Waals surface area (Å²) in [5.74, 6) is -0.0415. The number of aliphatic carboxylic acids is 1. The van der Waals surface area contributed by atoms with Crippen molar-refractivity contribution in [2.75, 3.05) is 6.61 Å². The standard InChI is InChI=1S/C18H36O2.C3H8O2.Na/c1-17(2)15-13-11-9-7-5-3-4-6-8-10-12-14-16-18(19)20;1-3(5)2-4;/h17H,3-16H2,1-2H3,(H,19,20);3-5H,2H2,1H3;/q;;+1/p-1. The molecule has 0 fully saturated rings. The van der Waals surface area contributed by atoms with Gasteiger partial charge in [-0.15, -0.1) is 0 Å². The van der Waals surface area contributed by atoms with Crippen LogP contribution in [0.4, 0.5) is 0 Å². The number of hydrogen-bond donors (Lipinski definition) is 2. The van der Waals surface area contributed by atoms with Gasteiger partial charge in [0.25, 0.3) is 0 Å². The number of carboxylic acid groups (broad SMARTS) is 1. The summed E-state index contributed by atoms with van der Waals surface area (Å²) in [6.07, 6.45) is 16.4. The van der Waals surface area contributed by atoms with Crippen molar-refractivity contribution >= 4 is 5.97 Å². The van der Waals surface area contributed by atoms with E-state index in [9.17, 15) is 9.90 Å². The van der Waals surface area contributed by atoms with E-state index in [4.69, 9.17) is 10.2 Å². The summed E-state index contributed by atoms with van der Waals surface area (Å²) in [5.41, 5.74) is 0. The van der Waals surface area contributed by atoms with Gasteiger partial charge in [-0.25, -0.2) is 0 Å². The number of hydrogen-bond acceptors (Lipinski definition) is 4. The van der Waals surface area contributed by atoms with E-state index in [0.29, 0.717) is 0 Å². The van der Waals surface area contributed by atoms with E-state index >= 15 is 0 Å². The van der Waals surface area contributed by atoms with E-state index in [1.807, 2.05) is 0 Å². The van der Waals surface area contributed by atoms with E-state index in [-0.39, 0.29) is 42.6 Å². The van der Waals surface area contributed by atoms with Gasteiger partial charge in [0, 0.05) is 5.97 Å². The Morgan fingerprint density at radius 2 is 1.08 bits per heavy atom. The Kier molecular flexibility index (Phi) is 30.4. The molecule has 0 radical (unpaired) electrons. The molecule has 0 rings (SSSR count). The molecule has 0 aromatic heterocycles. The van der Waals surface area contributed by atoms with Crippen LogP contribution in [0, 0.1) is 5.92 Å². The molecule has 0 aliphatic carbocycles. The molecule has 1 atom stereocenters. The zero-order valence-electron chi connectivity index (χ0n) is 18.0. The van der Waals surface area contributed by atoms with Gasteiger partial charge in [0.1, 0.15) is 0 Å². The number of rotatable bonds is 16. The second-order valence-electron chi connectivity index (χ2n) is 7.58. The molecule has 0 amide bonds. The molecule has 0 aromatic carbocycles. The SMILES string of the molecule is CC(C)CCCCCCCCCCCCCCC(=O)[O-].CC(O)CO.[Na+]. The maximum Gasteiger partial charge on any atom is 1.00 e. The molecule has 0 aliphatic rings. The van der Waals surface area contributed by atoms with Crippen molar-refractivity contribution in [1.82, 2.24) is 0 Å². The number of carboxylic acids is 1. The molecule has 5 heteroatoms. The summed E-state index contributed by atoms with van der Waals surface area (Å²) in [6, 6.07) is 0. The molecule has 0 aliphatic heterocycles. The van der Waals surface area contributed by atoms with E-state index in [1.54, 1.807) is 0 Å². The van der Waals surface area contributed by atoms with Crippen LogP contribution < -0.4 is 34.7 Å². The van der Waals surface area contributed by atoms with E-state index in [0.717, 1.165) is 18.8 Å². The second kappa shape index (κ2) is 25.4. The minimum atomic E-state index is -0.904. The smallest absolute Gasteiger partial charge is 0.550 e. The van der Waals surface area contributed by atoms with Crippen LogP contribution in [0.1, 0.15) is 111 Å². The third-order valence-corrected chi connectivity index (χ3v) is 4.18. The summed E-state index contributed by atoms with van der Waals surface area (Å²) in [6.45, 7) is 6.00. The fourth-order valence-corrected chi connectivity index (χ4v) is 2.59. The van der Waals surface area contributed by atoms with Crippen LogP contribution in [-0.2, 0) is 4.79 Å². The zero-order chi connectivity index (χ0) is 19.3. The number of unbranched alkanes of at least 4 members (excludes halogenated alkanes) is 11. The average Bonchev–Trinajstić information content (AvgIpc) is 2.55. The molecule has 0 saturated heterocycles. The first-order valence-corrected chi connectivity index (χ1v) is 10.4. The molecule has 4 nitrogen and oxygen atoms in total. The molecule has 0 saturated carbocycles. The van der Waals surface area contributed by atoms with Crippen LogP contribution in [0.15, 0.2) is 0 Å². The molecule has 1 unspecified atom stereocenters. The molecule has 0 spiro atoms. The molecule has 0 heterocycles. The maximum atomic E-state index is 10.2. The molecule has 26 heavy (non-hydrogen) atoms. The Labute approximate surface area is 184 Å². The summed E-state index contributed by atoms with van der Waals surface area (Å²) in [7, 11) is 0. The van der Waals surface area contributed by atoms with Gasteiger partial charge in [-0.05, 0) is 25.7 Å². The Bertz CT molecular complexity index is 271. The molecule has 0 aromatic rings. The van der Waals surface area contributed by atoms with Crippen molar-refractivity contribution in [3.8, 4) is 0 Å². The largest absolute Gasteiger partial charge is 1.00 e. The van der Waals surface area contributed by atoms with Gasteiger partial charge < -0.3 is 20.1 Å².